The van der Waals surface area contributed by atoms with Gasteiger partial charge in [0.25, 0.3) is 0 Å². The molecule has 0 aliphatic rings. The second kappa shape index (κ2) is 3.60. The van der Waals surface area contributed by atoms with E-state index in [2.05, 4.69) is 0 Å². The van der Waals surface area contributed by atoms with Crippen LogP contribution in [0.15, 0.2) is 29.2 Å². The molecule has 1 aromatic carbocycles. The van der Waals surface area contributed by atoms with Gasteiger partial charge < -0.3 is 5.11 Å². The molecule has 1 unspecified atom stereocenters. The molecule has 1 atom stereocenters. The highest BCUT2D eigenvalue weighted by Gasteiger charge is 2.12. The maximum Gasteiger partial charge on any atom is 0.335 e. The highest BCUT2D eigenvalue weighted by atomic mass is 32.2. The van der Waals surface area contributed by atoms with Gasteiger partial charge in [-0.3, -0.25) is 0 Å². The summed E-state index contributed by atoms with van der Waals surface area (Å²) in [5.41, 5.74) is 0.240. The SMILES string of the molecule is C[S+](O)c1ccc(C(=O)O)cc1. The lowest BCUT2D eigenvalue weighted by molar-refractivity contribution is 0.0697. The Bertz CT molecular complexity index is 279. The molecule has 2 N–H and O–H groups in total. The average molecular weight is 185 g/mol. The van der Waals surface area contributed by atoms with E-state index in [1.807, 2.05) is 0 Å². The number of carbonyl (C=O) groups is 1. The van der Waals surface area contributed by atoms with Gasteiger partial charge in [0.1, 0.15) is 6.26 Å². The van der Waals surface area contributed by atoms with Crippen molar-refractivity contribution in [2.24, 2.45) is 0 Å². The monoisotopic (exact) mass is 185 g/mol. The van der Waals surface area contributed by atoms with Crippen LogP contribution >= 0.6 is 0 Å². The van der Waals surface area contributed by atoms with Crippen molar-refractivity contribution in [3.8, 4) is 0 Å². The van der Waals surface area contributed by atoms with Crippen LogP contribution < -0.4 is 0 Å². The number of benzene rings is 1. The molecular weight excluding hydrogens is 176 g/mol. The van der Waals surface area contributed by atoms with E-state index < -0.39 is 17.1 Å². The number of carboxylic acid groups (broad SMARTS) is 1. The Morgan fingerprint density at radius 3 is 2.17 bits per heavy atom. The van der Waals surface area contributed by atoms with Crippen LogP contribution in [0.25, 0.3) is 0 Å². The van der Waals surface area contributed by atoms with E-state index in [4.69, 9.17) is 9.66 Å². The molecule has 3 nitrogen and oxygen atoms in total. The maximum absolute atomic E-state index is 10.4. The Morgan fingerprint density at radius 2 is 1.83 bits per heavy atom. The summed E-state index contributed by atoms with van der Waals surface area (Å²) in [5.74, 6) is -0.949. The van der Waals surface area contributed by atoms with Gasteiger partial charge >= 0.3 is 5.97 Å². The number of hydrogen-bond acceptors (Lipinski definition) is 2. The van der Waals surface area contributed by atoms with Crippen LogP contribution in [-0.2, 0) is 11.2 Å². The lowest BCUT2D eigenvalue weighted by atomic mass is 10.2. The van der Waals surface area contributed by atoms with Crippen molar-refractivity contribution >= 4 is 17.1 Å². The first-order valence-electron chi connectivity index (χ1n) is 3.29. The minimum absolute atomic E-state index is 0.240. The molecule has 0 saturated carbocycles. The number of rotatable bonds is 2. The molecule has 0 aliphatic carbocycles. The molecule has 0 aliphatic heterocycles. The largest absolute Gasteiger partial charge is 0.478 e. The van der Waals surface area contributed by atoms with Crippen LogP contribution in [0.2, 0.25) is 0 Å². The highest BCUT2D eigenvalue weighted by Crippen LogP contribution is 2.09. The molecular formula is C8H9O3S+. The van der Waals surface area contributed by atoms with Crippen LogP contribution in [-0.4, -0.2) is 21.9 Å². The van der Waals surface area contributed by atoms with E-state index in [9.17, 15) is 4.79 Å². The Balaban J connectivity index is 2.93. The van der Waals surface area contributed by atoms with Gasteiger partial charge in [-0.2, -0.15) is 4.55 Å². The normalized spacial score (nSPS) is 12.5. The van der Waals surface area contributed by atoms with E-state index in [0.29, 0.717) is 0 Å². The molecule has 64 valence electrons. The van der Waals surface area contributed by atoms with Crippen molar-refractivity contribution in [1.82, 2.24) is 0 Å². The first-order valence-corrected chi connectivity index (χ1v) is 4.88. The number of aromatic carboxylic acids is 1. The molecule has 12 heavy (non-hydrogen) atoms. The molecule has 0 fully saturated rings. The molecule has 1 rings (SSSR count). The summed E-state index contributed by atoms with van der Waals surface area (Å²) in [6.07, 6.45) is 1.66. The van der Waals surface area contributed by atoms with Crippen molar-refractivity contribution in [1.29, 1.82) is 0 Å². The molecule has 4 heteroatoms. The fourth-order valence-electron chi connectivity index (χ4n) is 0.794. The van der Waals surface area contributed by atoms with Crippen LogP contribution in [0.1, 0.15) is 10.4 Å². The first-order chi connectivity index (χ1) is 5.61. The third-order valence-corrected chi connectivity index (χ3v) is 2.40. The average Bonchev–Trinajstić information content (AvgIpc) is 2.04. The third kappa shape index (κ3) is 1.99. The molecule has 0 aromatic heterocycles. The second-order valence-electron chi connectivity index (χ2n) is 2.31. The van der Waals surface area contributed by atoms with Crippen molar-refractivity contribution in [3.05, 3.63) is 29.8 Å². The van der Waals surface area contributed by atoms with Gasteiger partial charge in [-0.15, -0.1) is 0 Å². The van der Waals surface area contributed by atoms with Gasteiger partial charge in [0, 0.05) is 0 Å². The fraction of sp³-hybridized carbons (Fsp3) is 0.125. The zero-order chi connectivity index (χ0) is 9.14. The van der Waals surface area contributed by atoms with E-state index in [1.54, 1.807) is 18.4 Å². The van der Waals surface area contributed by atoms with Crippen molar-refractivity contribution in [2.75, 3.05) is 6.26 Å². The molecule has 0 heterocycles. The van der Waals surface area contributed by atoms with E-state index in [-0.39, 0.29) is 5.56 Å². The van der Waals surface area contributed by atoms with Gasteiger partial charge in [0.2, 0.25) is 0 Å². The summed E-state index contributed by atoms with van der Waals surface area (Å²) in [6, 6.07) is 6.20. The summed E-state index contributed by atoms with van der Waals surface area (Å²) >= 11 is -0.793. The summed E-state index contributed by atoms with van der Waals surface area (Å²) < 4.78 is 9.13. The van der Waals surface area contributed by atoms with E-state index in [1.165, 1.54) is 12.1 Å². The molecule has 1 aromatic rings. The summed E-state index contributed by atoms with van der Waals surface area (Å²) in [4.78, 5) is 11.2. The molecule has 0 amide bonds. The third-order valence-electron chi connectivity index (χ3n) is 1.44. The van der Waals surface area contributed by atoms with Crippen molar-refractivity contribution in [3.63, 3.8) is 0 Å². The maximum atomic E-state index is 10.4. The quantitative estimate of drug-likeness (QED) is 0.686. The Morgan fingerprint density at radius 1 is 1.33 bits per heavy atom. The number of hydrogen-bond donors (Lipinski definition) is 2. The Labute approximate surface area is 73.2 Å². The Kier molecular flexibility index (Phi) is 2.73. The van der Waals surface area contributed by atoms with Crippen molar-refractivity contribution in [2.45, 2.75) is 4.90 Å². The van der Waals surface area contributed by atoms with Gasteiger partial charge in [0.15, 0.2) is 16.1 Å². The van der Waals surface area contributed by atoms with Crippen LogP contribution in [0.4, 0.5) is 0 Å². The van der Waals surface area contributed by atoms with Crippen LogP contribution in [0, 0.1) is 0 Å². The Hall–Kier alpha value is -1.00. The van der Waals surface area contributed by atoms with Crippen LogP contribution in [0.3, 0.4) is 0 Å². The number of carboxylic acids is 1. The molecule has 0 saturated heterocycles. The summed E-state index contributed by atoms with van der Waals surface area (Å²) in [6.45, 7) is 0. The fourth-order valence-corrected chi connectivity index (χ4v) is 1.32. The predicted octanol–water partition coefficient (Wildman–Crippen LogP) is 1.46. The highest BCUT2D eigenvalue weighted by molar-refractivity contribution is 7.90. The summed E-state index contributed by atoms with van der Waals surface area (Å²) in [5, 5.41) is 8.55. The van der Waals surface area contributed by atoms with Crippen molar-refractivity contribution < 1.29 is 14.5 Å². The zero-order valence-corrected chi connectivity index (χ0v) is 7.34. The molecule has 0 radical (unpaired) electrons. The smallest absolute Gasteiger partial charge is 0.335 e. The topological polar surface area (TPSA) is 57.5 Å². The first kappa shape index (κ1) is 9.09. The molecule has 0 spiro atoms. The van der Waals surface area contributed by atoms with Crippen LogP contribution in [0.5, 0.6) is 0 Å². The lowest BCUT2D eigenvalue weighted by Gasteiger charge is -1.94. The van der Waals surface area contributed by atoms with Gasteiger partial charge in [-0.1, -0.05) is 0 Å². The minimum Gasteiger partial charge on any atom is -0.478 e. The van der Waals surface area contributed by atoms with Gasteiger partial charge in [-0.05, 0) is 24.3 Å². The predicted molar refractivity (Wildman–Crippen MR) is 47.6 cm³/mol. The van der Waals surface area contributed by atoms with Gasteiger partial charge in [-0.25, -0.2) is 4.79 Å². The second-order valence-corrected chi connectivity index (χ2v) is 3.73. The minimum atomic E-state index is -0.949. The van der Waals surface area contributed by atoms with E-state index in [0.717, 1.165) is 4.90 Å². The zero-order valence-electron chi connectivity index (χ0n) is 6.52. The summed E-state index contributed by atoms with van der Waals surface area (Å²) in [7, 11) is 0. The lowest BCUT2D eigenvalue weighted by Crippen LogP contribution is -1.99. The standard InChI is InChI=1S/C8H8O3S/c1-12(11)7-4-2-6(3-5-7)8(9)10/h2-5,11H,1H3/p+1. The van der Waals surface area contributed by atoms with Gasteiger partial charge in [0.05, 0.1) is 5.56 Å². The molecule has 0 bridgehead atoms. The van der Waals surface area contributed by atoms with E-state index >= 15 is 0 Å².